The summed E-state index contributed by atoms with van der Waals surface area (Å²) in [6.07, 6.45) is -4.30. The van der Waals surface area contributed by atoms with E-state index in [1.54, 1.807) is 24.3 Å². The lowest BCUT2D eigenvalue weighted by Gasteiger charge is -2.10. The standard InChI is InChI=1S/C23H21F3N6O3S2/c1-15-5-7-18(8-6-15)37(34,35)27-12-11-20-30-29-19-9-10-22(31-32(19)20)36-14-21(33)28-17-4-2-3-16(13-17)23(24,25)26/h2-10,13,27H,11-12,14H2,1H3,(H,28,33). The number of hydrogen-bond donors (Lipinski definition) is 2. The summed E-state index contributed by atoms with van der Waals surface area (Å²) in [6, 6.07) is 14.1. The number of rotatable bonds is 9. The van der Waals surface area contributed by atoms with Crippen LogP contribution in [0.2, 0.25) is 0 Å². The highest BCUT2D eigenvalue weighted by Gasteiger charge is 2.30. The highest BCUT2D eigenvalue weighted by Crippen LogP contribution is 2.30. The Hall–Kier alpha value is -3.49. The van der Waals surface area contributed by atoms with Gasteiger partial charge in [-0.2, -0.15) is 22.8 Å². The molecule has 0 aliphatic carbocycles. The van der Waals surface area contributed by atoms with Crippen LogP contribution in [-0.4, -0.2) is 46.4 Å². The normalized spacial score (nSPS) is 12.1. The van der Waals surface area contributed by atoms with E-state index in [-0.39, 0.29) is 29.3 Å². The van der Waals surface area contributed by atoms with Gasteiger partial charge in [0, 0.05) is 18.7 Å². The second-order valence-electron chi connectivity index (χ2n) is 7.93. The van der Waals surface area contributed by atoms with E-state index >= 15 is 0 Å². The summed E-state index contributed by atoms with van der Waals surface area (Å²) >= 11 is 1.08. The van der Waals surface area contributed by atoms with Gasteiger partial charge in [0.2, 0.25) is 15.9 Å². The van der Waals surface area contributed by atoms with Gasteiger partial charge < -0.3 is 5.32 Å². The molecule has 0 saturated heterocycles. The first-order valence-corrected chi connectivity index (χ1v) is 13.4. The number of hydrogen-bond acceptors (Lipinski definition) is 7. The summed E-state index contributed by atoms with van der Waals surface area (Å²) < 4.78 is 67.5. The minimum atomic E-state index is -4.51. The van der Waals surface area contributed by atoms with E-state index < -0.39 is 27.7 Å². The number of benzene rings is 2. The lowest BCUT2D eigenvalue weighted by atomic mass is 10.2. The molecule has 37 heavy (non-hydrogen) atoms. The fourth-order valence-electron chi connectivity index (χ4n) is 3.26. The van der Waals surface area contributed by atoms with Crippen molar-refractivity contribution >= 4 is 39.0 Å². The highest BCUT2D eigenvalue weighted by molar-refractivity contribution is 7.99. The number of aryl methyl sites for hydroxylation is 1. The van der Waals surface area contributed by atoms with Crippen LogP contribution in [-0.2, 0) is 27.4 Å². The Morgan fingerprint density at radius 1 is 1.05 bits per heavy atom. The van der Waals surface area contributed by atoms with E-state index in [1.807, 2.05) is 6.92 Å². The molecule has 4 aromatic rings. The molecule has 0 fully saturated rings. The van der Waals surface area contributed by atoms with Crippen LogP contribution in [0, 0.1) is 6.92 Å². The summed E-state index contributed by atoms with van der Waals surface area (Å²) in [5, 5.41) is 15.4. The van der Waals surface area contributed by atoms with E-state index in [9.17, 15) is 26.4 Å². The van der Waals surface area contributed by atoms with Crippen LogP contribution in [0.1, 0.15) is 17.0 Å². The maximum atomic E-state index is 12.9. The van der Waals surface area contributed by atoms with Crippen LogP contribution in [0.4, 0.5) is 18.9 Å². The largest absolute Gasteiger partial charge is 0.416 e. The van der Waals surface area contributed by atoms with Crippen molar-refractivity contribution in [1.82, 2.24) is 24.5 Å². The van der Waals surface area contributed by atoms with Crippen LogP contribution < -0.4 is 10.0 Å². The molecule has 0 unspecified atom stereocenters. The third-order valence-electron chi connectivity index (χ3n) is 5.10. The number of nitrogens with one attached hydrogen (secondary N) is 2. The van der Waals surface area contributed by atoms with Crippen molar-refractivity contribution < 1.29 is 26.4 Å². The average molecular weight is 551 g/mol. The summed E-state index contributed by atoms with van der Waals surface area (Å²) in [4.78, 5) is 12.4. The van der Waals surface area contributed by atoms with Crippen molar-refractivity contribution in [2.24, 2.45) is 0 Å². The highest BCUT2D eigenvalue weighted by atomic mass is 32.2. The summed E-state index contributed by atoms with van der Waals surface area (Å²) in [5.41, 5.74) is 0.570. The van der Waals surface area contributed by atoms with Crippen LogP contribution in [0.5, 0.6) is 0 Å². The van der Waals surface area contributed by atoms with E-state index in [1.165, 1.54) is 28.8 Å². The van der Waals surface area contributed by atoms with E-state index in [4.69, 9.17) is 0 Å². The van der Waals surface area contributed by atoms with Gasteiger partial charge in [-0.1, -0.05) is 35.5 Å². The zero-order valence-corrected chi connectivity index (χ0v) is 21.0. The number of amides is 1. The Morgan fingerprint density at radius 3 is 2.54 bits per heavy atom. The van der Waals surface area contributed by atoms with Gasteiger partial charge in [0.1, 0.15) is 5.03 Å². The number of halogens is 3. The Kier molecular flexibility index (Phi) is 7.80. The van der Waals surface area contributed by atoms with E-state index in [2.05, 4.69) is 25.3 Å². The zero-order chi connectivity index (χ0) is 26.6. The minimum absolute atomic E-state index is 0.0398. The topological polar surface area (TPSA) is 118 Å². The molecule has 0 bridgehead atoms. The average Bonchev–Trinajstić information content (AvgIpc) is 3.25. The monoisotopic (exact) mass is 550 g/mol. The smallest absolute Gasteiger partial charge is 0.325 e. The maximum Gasteiger partial charge on any atom is 0.416 e. The molecule has 0 aliphatic rings. The number of sulfonamides is 1. The number of carbonyl (C=O) groups excluding carboxylic acids is 1. The first kappa shape index (κ1) is 26.6. The number of aromatic nitrogens is 4. The molecule has 14 heteroatoms. The van der Waals surface area contributed by atoms with E-state index in [0.717, 1.165) is 29.5 Å². The van der Waals surface area contributed by atoms with Gasteiger partial charge in [-0.25, -0.2) is 13.1 Å². The summed E-state index contributed by atoms with van der Waals surface area (Å²) in [5.74, 6) is -0.180. The Balaban J connectivity index is 1.35. The molecule has 0 spiro atoms. The molecule has 2 aromatic carbocycles. The van der Waals surface area contributed by atoms with Gasteiger partial charge >= 0.3 is 6.18 Å². The SMILES string of the molecule is Cc1ccc(S(=O)(=O)NCCc2nnc3ccc(SCC(=O)Nc4cccc(C(F)(F)F)c4)nn23)cc1. The molecular formula is C23H21F3N6O3S2. The number of carbonyl (C=O) groups is 1. The van der Waals surface area contributed by atoms with Crippen LogP contribution in [0.3, 0.4) is 0 Å². The number of fused-ring (bicyclic) bond motifs is 1. The lowest BCUT2D eigenvalue weighted by molar-refractivity contribution is -0.137. The molecule has 4 rings (SSSR count). The second-order valence-corrected chi connectivity index (χ2v) is 10.7. The fourth-order valence-corrected chi connectivity index (χ4v) is 4.94. The van der Waals surface area contributed by atoms with Crippen LogP contribution in [0.25, 0.3) is 5.65 Å². The summed E-state index contributed by atoms with van der Waals surface area (Å²) in [6.45, 7) is 1.93. The predicted octanol–water partition coefficient (Wildman–Crippen LogP) is 3.70. The number of anilines is 1. The van der Waals surface area contributed by atoms with Crippen molar-refractivity contribution in [3.8, 4) is 0 Å². The van der Waals surface area contributed by atoms with Crippen LogP contribution >= 0.6 is 11.8 Å². The third-order valence-corrected chi connectivity index (χ3v) is 7.50. The molecule has 2 aromatic heterocycles. The van der Waals surface area contributed by atoms with E-state index in [0.29, 0.717) is 16.5 Å². The molecule has 0 atom stereocenters. The van der Waals surface area contributed by atoms with Crippen molar-refractivity contribution in [1.29, 1.82) is 0 Å². The van der Waals surface area contributed by atoms with Crippen LogP contribution in [0.15, 0.2) is 70.6 Å². The molecule has 9 nitrogen and oxygen atoms in total. The first-order chi connectivity index (χ1) is 17.5. The molecule has 0 aliphatic heterocycles. The molecule has 0 radical (unpaired) electrons. The lowest BCUT2D eigenvalue weighted by Crippen LogP contribution is -2.26. The minimum Gasteiger partial charge on any atom is -0.325 e. The summed E-state index contributed by atoms with van der Waals surface area (Å²) in [7, 11) is -3.69. The van der Waals surface area contributed by atoms with Gasteiger partial charge in [-0.3, -0.25) is 4.79 Å². The van der Waals surface area contributed by atoms with Crippen molar-refractivity contribution in [3.05, 3.63) is 77.6 Å². The van der Waals surface area contributed by atoms with Crippen molar-refractivity contribution in [2.75, 3.05) is 17.6 Å². The number of thioether (sulfide) groups is 1. The molecule has 2 N–H and O–H groups in total. The molecule has 2 heterocycles. The number of nitrogens with zero attached hydrogens (tertiary/aromatic N) is 4. The molecule has 194 valence electrons. The predicted molar refractivity (Wildman–Crippen MR) is 132 cm³/mol. The van der Waals surface area contributed by atoms with Gasteiger partial charge in [-0.05, 0) is 49.4 Å². The Bertz CT molecular complexity index is 1520. The molecular weight excluding hydrogens is 529 g/mol. The van der Waals surface area contributed by atoms with Crippen molar-refractivity contribution in [3.63, 3.8) is 0 Å². The molecule has 0 saturated carbocycles. The molecule has 1 amide bonds. The Morgan fingerprint density at radius 2 is 1.81 bits per heavy atom. The Labute approximate surface area is 214 Å². The zero-order valence-electron chi connectivity index (χ0n) is 19.4. The number of alkyl halides is 3. The quantitative estimate of drug-likeness (QED) is 0.305. The fraction of sp³-hybridized carbons (Fsp3) is 0.217. The van der Waals surface area contributed by atoms with Gasteiger partial charge in [0.15, 0.2) is 11.5 Å². The third kappa shape index (κ3) is 6.84. The first-order valence-electron chi connectivity index (χ1n) is 10.9. The van der Waals surface area contributed by atoms with Gasteiger partial charge in [0.25, 0.3) is 0 Å². The van der Waals surface area contributed by atoms with Crippen molar-refractivity contribution in [2.45, 2.75) is 29.4 Å². The van der Waals surface area contributed by atoms with Gasteiger partial charge in [0.05, 0.1) is 16.2 Å². The van der Waals surface area contributed by atoms with Gasteiger partial charge in [-0.15, -0.1) is 10.2 Å². The second kappa shape index (κ2) is 10.9. The maximum absolute atomic E-state index is 12.9.